The van der Waals surface area contributed by atoms with E-state index in [0.717, 1.165) is 50.4 Å². The summed E-state index contributed by atoms with van der Waals surface area (Å²) in [6.07, 6.45) is 9.03. The molecule has 0 aliphatic rings. The Bertz CT molecular complexity index is 2650. The molecule has 8 rings (SSSR count). The largest absolute Gasteiger partial charge is 0.456 e. The van der Waals surface area contributed by atoms with E-state index in [-0.39, 0.29) is 16.2 Å². The fourth-order valence-corrected chi connectivity index (χ4v) is 6.96. The van der Waals surface area contributed by atoms with Gasteiger partial charge in [-0.15, -0.1) is 5.10 Å². The van der Waals surface area contributed by atoms with E-state index in [1.807, 2.05) is 52.0 Å². The van der Waals surface area contributed by atoms with Gasteiger partial charge in [0.25, 0.3) is 6.33 Å². The summed E-state index contributed by atoms with van der Waals surface area (Å²) in [6.45, 7) is 20.2. The van der Waals surface area contributed by atoms with Crippen LogP contribution in [0.15, 0.2) is 128 Å². The molecule has 0 bridgehead atoms. The maximum Gasteiger partial charge on any atom is 0.273 e. The molecule has 8 aromatic rings. The number of pyridine rings is 2. The zero-order valence-corrected chi connectivity index (χ0v) is 33.2. The molecule has 55 heavy (non-hydrogen) atoms. The molecule has 0 spiro atoms. The average molecular weight is 725 g/mol. The van der Waals surface area contributed by atoms with Gasteiger partial charge in [0.05, 0.1) is 28.6 Å². The molecule has 0 saturated carbocycles. The fourth-order valence-electron chi connectivity index (χ4n) is 6.96. The lowest BCUT2D eigenvalue weighted by atomic mass is 9.80. The van der Waals surface area contributed by atoms with Gasteiger partial charge in [0.2, 0.25) is 0 Å². The van der Waals surface area contributed by atoms with E-state index in [1.54, 1.807) is 6.20 Å². The molecule has 0 aliphatic carbocycles. The number of ether oxygens (including phenoxy) is 1. The molecule has 4 aromatic carbocycles. The lowest BCUT2D eigenvalue weighted by Crippen LogP contribution is -2.34. The van der Waals surface area contributed by atoms with Gasteiger partial charge < -0.3 is 4.74 Å². The summed E-state index contributed by atoms with van der Waals surface area (Å²) in [5.41, 5.74) is 8.44. The third-order valence-corrected chi connectivity index (χ3v) is 10.2. The first kappa shape index (κ1) is 35.9. The van der Waals surface area contributed by atoms with Gasteiger partial charge in [-0.2, -0.15) is 4.68 Å². The van der Waals surface area contributed by atoms with Crippen LogP contribution in [0.3, 0.4) is 0 Å². The van der Waals surface area contributed by atoms with Crippen LogP contribution >= 0.6 is 0 Å². The maximum atomic E-state index is 6.61. The third kappa shape index (κ3) is 7.03. The van der Waals surface area contributed by atoms with Crippen LogP contribution in [0, 0.1) is 6.33 Å². The molecule has 7 heteroatoms. The number of fused-ring (bicyclic) bond motifs is 3. The van der Waals surface area contributed by atoms with Gasteiger partial charge in [-0.05, 0) is 69.3 Å². The van der Waals surface area contributed by atoms with Crippen LogP contribution in [0.5, 0.6) is 11.5 Å². The molecule has 4 heterocycles. The van der Waals surface area contributed by atoms with Crippen molar-refractivity contribution in [3.05, 3.63) is 151 Å². The molecule has 0 amide bonds. The minimum atomic E-state index is -0.0403. The first-order chi connectivity index (χ1) is 26.1. The minimum absolute atomic E-state index is 0.0130. The lowest BCUT2D eigenvalue weighted by molar-refractivity contribution is -0.660. The van der Waals surface area contributed by atoms with E-state index < -0.39 is 0 Å². The monoisotopic (exact) mass is 724 g/mol. The van der Waals surface area contributed by atoms with Crippen molar-refractivity contribution in [1.29, 1.82) is 0 Å². The van der Waals surface area contributed by atoms with Crippen molar-refractivity contribution in [3.63, 3.8) is 0 Å². The van der Waals surface area contributed by atoms with E-state index >= 15 is 0 Å². The molecule has 0 unspecified atom stereocenters. The molecule has 4 aromatic heterocycles. The predicted octanol–water partition coefficient (Wildman–Crippen LogP) is 11.2. The van der Waals surface area contributed by atoms with Gasteiger partial charge in [-0.1, -0.05) is 129 Å². The highest BCUT2D eigenvalue weighted by atomic mass is 16.5. The summed E-state index contributed by atoms with van der Waals surface area (Å²) < 4.78 is 12.7. The molecule has 0 fully saturated rings. The lowest BCUT2D eigenvalue weighted by Gasteiger charge is -2.26. The predicted molar refractivity (Wildman–Crippen MR) is 222 cm³/mol. The Hall–Kier alpha value is -6.08. The Morgan fingerprint density at radius 2 is 1.27 bits per heavy atom. The van der Waals surface area contributed by atoms with Crippen molar-refractivity contribution in [1.82, 2.24) is 24.2 Å². The molecular weight excluding hydrogens is 677 g/mol. The Morgan fingerprint density at radius 1 is 0.600 bits per heavy atom. The van der Waals surface area contributed by atoms with E-state index in [0.29, 0.717) is 11.5 Å². The van der Waals surface area contributed by atoms with Crippen LogP contribution in [0.25, 0.3) is 50.4 Å². The number of aromatic nitrogens is 6. The number of rotatable bonds is 6. The average Bonchev–Trinajstić information content (AvgIpc) is 3.74. The number of benzene rings is 4. The van der Waals surface area contributed by atoms with Gasteiger partial charge in [-0.25, -0.2) is 4.98 Å². The Morgan fingerprint density at radius 3 is 1.98 bits per heavy atom. The van der Waals surface area contributed by atoms with Crippen LogP contribution in [0.1, 0.15) is 79.0 Å². The van der Waals surface area contributed by atoms with Crippen molar-refractivity contribution in [2.75, 3.05) is 0 Å². The summed E-state index contributed by atoms with van der Waals surface area (Å²) in [7, 11) is 0. The normalized spacial score (nSPS) is 12.5. The summed E-state index contributed by atoms with van der Waals surface area (Å²) in [5.74, 6) is 2.92. The summed E-state index contributed by atoms with van der Waals surface area (Å²) in [5, 5.41) is 7.44. The Labute approximate surface area is 323 Å². The van der Waals surface area contributed by atoms with Gasteiger partial charge in [0, 0.05) is 34.8 Å². The smallest absolute Gasteiger partial charge is 0.273 e. The van der Waals surface area contributed by atoms with Crippen molar-refractivity contribution in [2.45, 2.75) is 78.6 Å². The second-order valence-electron chi connectivity index (χ2n) is 17.5. The summed E-state index contributed by atoms with van der Waals surface area (Å²) >= 11 is 0. The van der Waals surface area contributed by atoms with Crippen molar-refractivity contribution in [2.24, 2.45) is 0 Å². The molecule has 7 nitrogen and oxygen atoms in total. The van der Waals surface area contributed by atoms with E-state index in [2.05, 4.69) is 157 Å². The van der Waals surface area contributed by atoms with Crippen LogP contribution in [-0.2, 0) is 16.2 Å². The highest BCUT2D eigenvalue weighted by Gasteiger charge is 2.23. The Kier molecular flexibility index (Phi) is 8.71. The zero-order chi connectivity index (χ0) is 38.7. The standard InChI is InChI=1S/C48H48N6O/c1-46(2,3)33-21-22-50-44(26-33)54-42-18-14-13-17-40(42)41-20-19-38(28-43(41)54)55-39-27-37(29-49-30-39)52-31-53(51-45(52)32-15-11-10-12-16-32)36-24-34(47(4,5)6)23-35(25-36)48(7,8)9/h10-30H,1-9H3. The van der Waals surface area contributed by atoms with E-state index in [1.165, 1.54) is 16.7 Å². The number of hydrogen-bond acceptors (Lipinski definition) is 4. The third-order valence-electron chi connectivity index (χ3n) is 10.2. The summed E-state index contributed by atoms with van der Waals surface area (Å²) in [6, 6.07) is 38.0. The van der Waals surface area contributed by atoms with Crippen molar-refractivity contribution in [3.8, 4) is 40.1 Å². The van der Waals surface area contributed by atoms with Gasteiger partial charge in [0.1, 0.15) is 17.3 Å². The van der Waals surface area contributed by atoms with Crippen LogP contribution in [-0.4, -0.2) is 24.2 Å². The van der Waals surface area contributed by atoms with E-state index in [9.17, 15) is 0 Å². The van der Waals surface area contributed by atoms with Crippen LogP contribution in [0.2, 0.25) is 0 Å². The van der Waals surface area contributed by atoms with Gasteiger partial charge in [0.15, 0.2) is 5.82 Å². The quantitative estimate of drug-likeness (QED) is 0.127. The van der Waals surface area contributed by atoms with Crippen molar-refractivity contribution < 1.29 is 9.42 Å². The molecule has 0 saturated heterocycles. The first-order valence-corrected chi connectivity index (χ1v) is 18.9. The number of nitrogens with zero attached hydrogens (tertiary/aromatic N) is 6. The molecule has 0 radical (unpaired) electrons. The van der Waals surface area contributed by atoms with Crippen LogP contribution < -0.4 is 9.42 Å². The molecule has 276 valence electrons. The number of hydrogen-bond donors (Lipinski definition) is 0. The topological polar surface area (TPSA) is 61.6 Å². The summed E-state index contributed by atoms with van der Waals surface area (Å²) in [4.78, 5) is 9.49. The highest BCUT2D eigenvalue weighted by molar-refractivity contribution is 6.09. The minimum Gasteiger partial charge on any atom is -0.456 e. The fraction of sp³-hybridized carbons (Fsp3) is 0.250. The van der Waals surface area contributed by atoms with Gasteiger partial charge >= 0.3 is 0 Å². The zero-order valence-electron chi connectivity index (χ0n) is 33.2. The van der Waals surface area contributed by atoms with Gasteiger partial charge in [-0.3, -0.25) is 14.1 Å². The molecule has 0 N–H and O–H groups in total. The Balaban J connectivity index is 1.22. The maximum absolute atomic E-state index is 6.61. The molecule has 0 atom stereocenters. The van der Waals surface area contributed by atoms with Crippen LogP contribution in [0.4, 0.5) is 0 Å². The van der Waals surface area contributed by atoms with Crippen molar-refractivity contribution >= 4 is 21.8 Å². The molecular formula is C48H48N6O. The van der Waals surface area contributed by atoms with E-state index in [4.69, 9.17) is 14.8 Å². The number of para-hydroxylation sites is 1. The first-order valence-electron chi connectivity index (χ1n) is 18.9. The SMILES string of the molecule is CC(C)(C)c1cc(-[n+]2[c-]n(-c3cncc(Oc4ccc5c6ccccc6n(-c6cc(C(C)(C)C)ccn6)c5c4)c3)c(-c3ccccc3)n2)cc(C(C)(C)C)c1. The second kappa shape index (κ2) is 13.3. The second-order valence-corrected chi connectivity index (χ2v) is 17.5. The molecule has 0 aliphatic heterocycles. The highest BCUT2D eigenvalue weighted by Crippen LogP contribution is 2.36.